The summed E-state index contributed by atoms with van der Waals surface area (Å²) >= 11 is 1.00. The Bertz CT molecular complexity index is 559. The van der Waals surface area contributed by atoms with E-state index in [2.05, 4.69) is 10.0 Å². The van der Waals surface area contributed by atoms with E-state index in [0.29, 0.717) is 10.9 Å². The van der Waals surface area contributed by atoms with E-state index in [1.165, 1.54) is 12.1 Å². The molecule has 18 heavy (non-hydrogen) atoms. The molecule has 1 aromatic rings. The second-order valence-corrected chi connectivity index (χ2v) is 7.45. The first kappa shape index (κ1) is 13.5. The molecule has 5 nitrogen and oxygen atoms in total. The molecule has 0 aliphatic carbocycles. The van der Waals surface area contributed by atoms with Crippen LogP contribution < -0.4 is 10.0 Å². The number of nitrogens with zero attached hydrogens (tertiary/aromatic N) is 1. The van der Waals surface area contributed by atoms with Gasteiger partial charge < -0.3 is 5.32 Å². The van der Waals surface area contributed by atoms with Gasteiger partial charge in [0.15, 0.2) is 0 Å². The van der Waals surface area contributed by atoms with Gasteiger partial charge in [-0.1, -0.05) is 0 Å². The molecule has 1 saturated heterocycles. The predicted octanol–water partition coefficient (Wildman–Crippen LogP) is 1.04. The molecule has 0 spiro atoms. The standard InChI is InChI=1S/C11H15N3O2S2/c1-8-6-9(4-5-13-8)14-18(15,16)11-3-2-10(7-12)17-11/h2-3,8-9,13-14H,4-6H2,1H3. The van der Waals surface area contributed by atoms with Gasteiger partial charge in [0.1, 0.15) is 15.2 Å². The molecule has 2 heterocycles. The molecular formula is C11H15N3O2S2. The minimum atomic E-state index is -3.48. The molecule has 2 rings (SSSR count). The summed E-state index contributed by atoms with van der Waals surface area (Å²) in [6.07, 6.45) is 1.58. The SMILES string of the molecule is CC1CC(NS(=O)(=O)c2ccc(C#N)s2)CCN1. The maximum absolute atomic E-state index is 12.1. The summed E-state index contributed by atoms with van der Waals surface area (Å²) < 4.78 is 27.1. The van der Waals surface area contributed by atoms with Gasteiger partial charge in [-0.3, -0.25) is 0 Å². The second-order valence-electron chi connectivity index (χ2n) is 4.43. The van der Waals surface area contributed by atoms with Gasteiger partial charge in [-0.25, -0.2) is 13.1 Å². The van der Waals surface area contributed by atoms with E-state index >= 15 is 0 Å². The van der Waals surface area contributed by atoms with Crippen LogP contribution >= 0.6 is 11.3 Å². The molecule has 0 bridgehead atoms. The fourth-order valence-corrected chi connectivity index (χ4v) is 4.44. The van der Waals surface area contributed by atoms with Crippen molar-refractivity contribution in [1.82, 2.24) is 10.0 Å². The Morgan fingerprint density at radius 2 is 2.33 bits per heavy atom. The third kappa shape index (κ3) is 3.09. The molecular weight excluding hydrogens is 270 g/mol. The summed E-state index contributed by atoms with van der Waals surface area (Å²) in [5.41, 5.74) is 0. The van der Waals surface area contributed by atoms with Crippen LogP contribution in [-0.4, -0.2) is 27.0 Å². The van der Waals surface area contributed by atoms with Crippen LogP contribution in [0, 0.1) is 11.3 Å². The van der Waals surface area contributed by atoms with Crippen LogP contribution in [0.5, 0.6) is 0 Å². The molecule has 0 radical (unpaired) electrons. The van der Waals surface area contributed by atoms with Crippen molar-refractivity contribution < 1.29 is 8.42 Å². The van der Waals surface area contributed by atoms with Gasteiger partial charge in [-0.05, 0) is 38.4 Å². The summed E-state index contributed by atoms with van der Waals surface area (Å²) in [7, 11) is -3.48. The highest BCUT2D eigenvalue weighted by Gasteiger charge is 2.25. The molecule has 0 amide bonds. The van der Waals surface area contributed by atoms with E-state index in [1.54, 1.807) is 0 Å². The van der Waals surface area contributed by atoms with Crippen LogP contribution in [0.1, 0.15) is 24.6 Å². The summed E-state index contributed by atoms with van der Waals surface area (Å²) in [6, 6.07) is 5.26. The largest absolute Gasteiger partial charge is 0.314 e. The first-order chi connectivity index (χ1) is 8.51. The van der Waals surface area contributed by atoms with Gasteiger partial charge in [-0.2, -0.15) is 5.26 Å². The zero-order valence-electron chi connectivity index (χ0n) is 10.0. The van der Waals surface area contributed by atoms with Crippen molar-refractivity contribution in [2.45, 2.75) is 36.1 Å². The topological polar surface area (TPSA) is 82.0 Å². The first-order valence-corrected chi connectivity index (χ1v) is 8.07. The van der Waals surface area contributed by atoms with Crippen molar-refractivity contribution in [3.05, 3.63) is 17.0 Å². The summed E-state index contributed by atoms with van der Waals surface area (Å²) in [4.78, 5) is 0.411. The van der Waals surface area contributed by atoms with Gasteiger partial charge in [0.2, 0.25) is 10.0 Å². The van der Waals surface area contributed by atoms with Crippen LogP contribution in [0.15, 0.2) is 16.3 Å². The Morgan fingerprint density at radius 3 is 2.94 bits per heavy atom. The third-order valence-corrected chi connectivity index (χ3v) is 5.90. The van der Waals surface area contributed by atoms with E-state index in [9.17, 15) is 8.42 Å². The minimum absolute atomic E-state index is 0.0288. The van der Waals surface area contributed by atoms with E-state index in [4.69, 9.17) is 5.26 Å². The molecule has 2 N–H and O–H groups in total. The molecule has 98 valence electrons. The minimum Gasteiger partial charge on any atom is -0.314 e. The smallest absolute Gasteiger partial charge is 0.250 e. The Morgan fingerprint density at radius 1 is 1.56 bits per heavy atom. The van der Waals surface area contributed by atoms with Crippen molar-refractivity contribution in [1.29, 1.82) is 5.26 Å². The van der Waals surface area contributed by atoms with Gasteiger partial charge >= 0.3 is 0 Å². The zero-order chi connectivity index (χ0) is 13.2. The number of nitrogens with one attached hydrogen (secondary N) is 2. The molecule has 2 unspecified atom stereocenters. The number of rotatable bonds is 3. The lowest BCUT2D eigenvalue weighted by Gasteiger charge is -2.28. The summed E-state index contributed by atoms with van der Waals surface area (Å²) in [6.45, 7) is 2.86. The Kier molecular flexibility index (Phi) is 4.02. The Balaban J connectivity index is 2.09. The first-order valence-electron chi connectivity index (χ1n) is 5.77. The van der Waals surface area contributed by atoms with Gasteiger partial charge in [0, 0.05) is 12.1 Å². The fourth-order valence-electron chi connectivity index (χ4n) is 2.04. The van der Waals surface area contributed by atoms with Crippen LogP contribution in [-0.2, 0) is 10.0 Å². The maximum atomic E-state index is 12.1. The number of hydrogen-bond donors (Lipinski definition) is 2. The van der Waals surface area contributed by atoms with Gasteiger partial charge in [-0.15, -0.1) is 11.3 Å². The van der Waals surface area contributed by atoms with E-state index in [0.717, 1.165) is 30.7 Å². The van der Waals surface area contributed by atoms with Gasteiger partial charge in [0.25, 0.3) is 0 Å². The zero-order valence-corrected chi connectivity index (χ0v) is 11.6. The number of nitriles is 1. The van der Waals surface area contributed by atoms with Crippen molar-refractivity contribution in [2.24, 2.45) is 0 Å². The number of sulfonamides is 1. The van der Waals surface area contributed by atoms with E-state index in [-0.39, 0.29) is 10.3 Å². The second kappa shape index (κ2) is 5.36. The molecule has 1 aliphatic rings. The van der Waals surface area contributed by atoms with Crippen molar-refractivity contribution in [3.8, 4) is 6.07 Å². The number of thiophene rings is 1. The predicted molar refractivity (Wildman–Crippen MR) is 69.8 cm³/mol. The van der Waals surface area contributed by atoms with Crippen LogP contribution in [0.2, 0.25) is 0 Å². The fraction of sp³-hybridized carbons (Fsp3) is 0.545. The molecule has 1 aliphatic heterocycles. The van der Waals surface area contributed by atoms with E-state index in [1.807, 2.05) is 13.0 Å². The van der Waals surface area contributed by atoms with Gasteiger partial charge in [0.05, 0.1) is 0 Å². The van der Waals surface area contributed by atoms with Crippen molar-refractivity contribution in [3.63, 3.8) is 0 Å². The molecule has 1 aromatic heterocycles. The summed E-state index contributed by atoms with van der Waals surface area (Å²) in [5.74, 6) is 0. The summed E-state index contributed by atoms with van der Waals surface area (Å²) in [5, 5.41) is 12.0. The molecule has 0 aromatic carbocycles. The monoisotopic (exact) mass is 285 g/mol. The average Bonchev–Trinajstić information content (AvgIpc) is 2.77. The average molecular weight is 285 g/mol. The highest BCUT2D eigenvalue weighted by Crippen LogP contribution is 2.22. The molecule has 0 saturated carbocycles. The number of hydrogen-bond acceptors (Lipinski definition) is 5. The van der Waals surface area contributed by atoms with Crippen molar-refractivity contribution >= 4 is 21.4 Å². The highest BCUT2D eigenvalue weighted by molar-refractivity contribution is 7.91. The lowest BCUT2D eigenvalue weighted by molar-refractivity contribution is 0.361. The lowest BCUT2D eigenvalue weighted by Crippen LogP contribution is -2.46. The lowest BCUT2D eigenvalue weighted by atomic mass is 10.0. The quantitative estimate of drug-likeness (QED) is 0.869. The number of piperidine rings is 1. The molecule has 2 atom stereocenters. The van der Waals surface area contributed by atoms with Crippen LogP contribution in [0.3, 0.4) is 0 Å². The van der Waals surface area contributed by atoms with Crippen LogP contribution in [0.25, 0.3) is 0 Å². The maximum Gasteiger partial charge on any atom is 0.250 e. The van der Waals surface area contributed by atoms with Crippen LogP contribution in [0.4, 0.5) is 0 Å². The third-order valence-electron chi connectivity index (χ3n) is 2.90. The molecule has 7 heteroatoms. The Labute approximate surface area is 111 Å². The van der Waals surface area contributed by atoms with Crippen molar-refractivity contribution in [2.75, 3.05) is 6.54 Å². The Hall–Kier alpha value is -0.940. The van der Waals surface area contributed by atoms with E-state index < -0.39 is 10.0 Å². The highest BCUT2D eigenvalue weighted by atomic mass is 32.2. The molecule has 1 fully saturated rings. The normalized spacial score (nSPS) is 24.7.